The maximum atomic E-state index is 11.3. The first-order valence-corrected chi connectivity index (χ1v) is 5.20. The second-order valence-corrected chi connectivity index (χ2v) is 3.30. The Balaban J connectivity index is 2.75. The van der Waals surface area contributed by atoms with E-state index < -0.39 is 5.97 Å². The number of rotatable bonds is 5. The Labute approximate surface area is 99.9 Å². The molecule has 0 saturated heterocycles. The summed E-state index contributed by atoms with van der Waals surface area (Å²) in [6, 6.07) is 1.75. The van der Waals surface area contributed by atoms with Gasteiger partial charge in [-0.1, -0.05) is 12.2 Å². The third-order valence-corrected chi connectivity index (χ3v) is 1.93. The van der Waals surface area contributed by atoms with Gasteiger partial charge < -0.3 is 15.8 Å². The van der Waals surface area contributed by atoms with E-state index in [1.165, 1.54) is 7.11 Å². The van der Waals surface area contributed by atoms with Crippen molar-refractivity contribution >= 4 is 11.8 Å². The van der Waals surface area contributed by atoms with Gasteiger partial charge >= 0.3 is 5.97 Å². The van der Waals surface area contributed by atoms with E-state index in [1.54, 1.807) is 13.0 Å². The SMILES string of the molecule is COC(=O)c1nc(C)cc(NC/C=C/CN)n1. The number of aromatic nitrogens is 2. The van der Waals surface area contributed by atoms with Crippen molar-refractivity contribution in [1.82, 2.24) is 9.97 Å². The van der Waals surface area contributed by atoms with Crippen molar-refractivity contribution in [1.29, 1.82) is 0 Å². The van der Waals surface area contributed by atoms with E-state index in [9.17, 15) is 4.79 Å². The molecule has 1 aromatic heterocycles. The zero-order chi connectivity index (χ0) is 12.7. The monoisotopic (exact) mass is 236 g/mol. The first-order chi connectivity index (χ1) is 8.17. The van der Waals surface area contributed by atoms with Gasteiger partial charge in [-0.05, 0) is 6.92 Å². The van der Waals surface area contributed by atoms with E-state index in [4.69, 9.17) is 5.73 Å². The maximum absolute atomic E-state index is 11.3. The zero-order valence-electron chi connectivity index (χ0n) is 9.93. The highest BCUT2D eigenvalue weighted by molar-refractivity contribution is 5.85. The molecule has 3 N–H and O–H groups in total. The van der Waals surface area contributed by atoms with Gasteiger partial charge in [0.15, 0.2) is 0 Å². The molecular formula is C11H16N4O2. The molecule has 92 valence electrons. The smallest absolute Gasteiger partial charge is 0.376 e. The van der Waals surface area contributed by atoms with E-state index in [0.717, 1.165) is 0 Å². The van der Waals surface area contributed by atoms with Gasteiger partial charge in [0.1, 0.15) is 5.82 Å². The number of methoxy groups -OCH3 is 1. The summed E-state index contributed by atoms with van der Waals surface area (Å²) >= 11 is 0. The van der Waals surface area contributed by atoms with Crippen LogP contribution in [0, 0.1) is 6.92 Å². The van der Waals surface area contributed by atoms with Crippen molar-refractivity contribution in [3.8, 4) is 0 Å². The molecule has 0 aliphatic carbocycles. The third kappa shape index (κ3) is 4.20. The second kappa shape index (κ2) is 6.59. The number of hydrogen-bond acceptors (Lipinski definition) is 6. The minimum absolute atomic E-state index is 0.0535. The Hall–Kier alpha value is -1.95. The number of nitrogens with one attached hydrogen (secondary N) is 1. The standard InChI is InChI=1S/C11H16N4O2/c1-8-7-9(13-6-4-3-5-12)15-10(14-8)11(16)17-2/h3-4,7H,5-6,12H2,1-2H3,(H,13,14,15)/b4-3+. The molecule has 0 aliphatic rings. The van der Waals surface area contributed by atoms with Crippen molar-refractivity contribution in [2.45, 2.75) is 6.92 Å². The molecule has 0 aliphatic heterocycles. The van der Waals surface area contributed by atoms with Crippen LogP contribution in [0.2, 0.25) is 0 Å². The van der Waals surface area contributed by atoms with Crippen LogP contribution in [0.1, 0.15) is 16.3 Å². The summed E-state index contributed by atoms with van der Waals surface area (Å²) in [7, 11) is 1.30. The summed E-state index contributed by atoms with van der Waals surface area (Å²) in [5.74, 6) is 0.0895. The van der Waals surface area contributed by atoms with Crippen molar-refractivity contribution in [3.05, 3.63) is 29.7 Å². The molecule has 17 heavy (non-hydrogen) atoms. The van der Waals surface area contributed by atoms with Gasteiger partial charge in [-0.2, -0.15) is 0 Å². The molecule has 1 heterocycles. The zero-order valence-corrected chi connectivity index (χ0v) is 9.93. The molecular weight excluding hydrogens is 220 g/mol. The van der Waals surface area contributed by atoms with E-state index in [2.05, 4.69) is 20.0 Å². The van der Waals surface area contributed by atoms with Crippen LogP contribution in [0.5, 0.6) is 0 Å². The van der Waals surface area contributed by atoms with Crippen LogP contribution in [0.15, 0.2) is 18.2 Å². The number of carbonyl (C=O) groups is 1. The Bertz CT molecular complexity index is 418. The van der Waals surface area contributed by atoms with Crippen LogP contribution in [-0.4, -0.2) is 36.1 Å². The Kier molecular flexibility index (Phi) is 5.09. The van der Waals surface area contributed by atoms with Crippen LogP contribution in [0.3, 0.4) is 0 Å². The molecule has 0 amide bonds. The van der Waals surface area contributed by atoms with Crippen LogP contribution >= 0.6 is 0 Å². The normalized spacial score (nSPS) is 10.5. The molecule has 0 aromatic carbocycles. The van der Waals surface area contributed by atoms with Gasteiger partial charge in [-0.25, -0.2) is 14.8 Å². The lowest BCUT2D eigenvalue weighted by Crippen LogP contribution is -2.11. The minimum Gasteiger partial charge on any atom is -0.463 e. The molecule has 0 fully saturated rings. The first kappa shape index (κ1) is 13.1. The summed E-state index contributed by atoms with van der Waals surface area (Å²) in [5, 5.41) is 3.04. The van der Waals surface area contributed by atoms with Crippen molar-refractivity contribution in [2.24, 2.45) is 5.73 Å². The molecule has 0 bridgehead atoms. The number of aryl methyl sites for hydroxylation is 1. The van der Waals surface area contributed by atoms with Crippen LogP contribution in [0.25, 0.3) is 0 Å². The fourth-order valence-corrected chi connectivity index (χ4v) is 1.18. The number of ether oxygens (including phenoxy) is 1. The van der Waals surface area contributed by atoms with Crippen LogP contribution in [-0.2, 0) is 4.74 Å². The van der Waals surface area contributed by atoms with E-state index in [0.29, 0.717) is 24.6 Å². The lowest BCUT2D eigenvalue weighted by atomic mass is 10.4. The van der Waals surface area contributed by atoms with E-state index >= 15 is 0 Å². The molecule has 0 spiro atoms. The lowest BCUT2D eigenvalue weighted by molar-refractivity contribution is 0.0586. The molecule has 6 heteroatoms. The van der Waals surface area contributed by atoms with E-state index in [1.807, 2.05) is 12.2 Å². The Morgan fingerprint density at radius 1 is 1.53 bits per heavy atom. The third-order valence-electron chi connectivity index (χ3n) is 1.93. The molecule has 0 saturated carbocycles. The molecule has 0 atom stereocenters. The van der Waals surface area contributed by atoms with Gasteiger partial charge in [-0.15, -0.1) is 0 Å². The average Bonchev–Trinajstić information content (AvgIpc) is 2.33. The lowest BCUT2D eigenvalue weighted by Gasteiger charge is -2.05. The summed E-state index contributed by atoms with van der Waals surface area (Å²) < 4.78 is 4.57. The van der Waals surface area contributed by atoms with Gasteiger partial charge in [0.2, 0.25) is 5.82 Å². The topological polar surface area (TPSA) is 90.1 Å². The Morgan fingerprint density at radius 3 is 2.94 bits per heavy atom. The summed E-state index contributed by atoms with van der Waals surface area (Å²) in [5.41, 5.74) is 6.01. The van der Waals surface area contributed by atoms with Gasteiger partial charge in [-0.3, -0.25) is 0 Å². The summed E-state index contributed by atoms with van der Waals surface area (Å²) in [6.07, 6.45) is 3.72. The van der Waals surface area contributed by atoms with E-state index in [-0.39, 0.29) is 5.82 Å². The number of hydrogen-bond donors (Lipinski definition) is 2. The summed E-state index contributed by atoms with van der Waals surface area (Å²) in [4.78, 5) is 19.3. The largest absolute Gasteiger partial charge is 0.463 e. The molecule has 1 aromatic rings. The van der Waals surface area contributed by atoms with Crippen molar-refractivity contribution < 1.29 is 9.53 Å². The molecule has 1 rings (SSSR count). The maximum Gasteiger partial charge on any atom is 0.376 e. The minimum atomic E-state index is -0.547. The number of esters is 1. The van der Waals surface area contributed by atoms with Gasteiger partial charge in [0.25, 0.3) is 0 Å². The number of carbonyl (C=O) groups excluding carboxylic acids is 1. The molecule has 6 nitrogen and oxygen atoms in total. The Morgan fingerprint density at radius 2 is 2.29 bits per heavy atom. The first-order valence-electron chi connectivity index (χ1n) is 5.20. The number of nitrogens with two attached hydrogens (primary N) is 1. The van der Waals surface area contributed by atoms with Crippen molar-refractivity contribution in [2.75, 3.05) is 25.5 Å². The van der Waals surface area contributed by atoms with Crippen LogP contribution < -0.4 is 11.1 Å². The fraction of sp³-hybridized carbons (Fsp3) is 0.364. The molecule has 0 radical (unpaired) electrons. The fourth-order valence-electron chi connectivity index (χ4n) is 1.18. The van der Waals surface area contributed by atoms with Crippen molar-refractivity contribution in [3.63, 3.8) is 0 Å². The average molecular weight is 236 g/mol. The summed E-state index contributed by atoms with van der Waals surface area (Å²) in [6.45, 7) is 2.88. The highest BCUT2D eigenvalue weighted by Crippen LogP contribution is 2.06. The van der Waals surface area contributed by atoms with Gasteiger partial charge in [0, 0.05) is 24.8 Å². The van der Waals surface area contributed by atoms with Gasteiger partial charge in [0.05, 0.1) is 7.11 Å². The quantitative estimate of drug-likeness (QED) is 0.571. The number of anilines is 1. The number of nitrogens with zero attached hydrogens (tertiary/aromatic N) is 2. The predicted octanol–water partition coefficient (Wildman–Crippen LogP) is 0.498. The highest BCUT2D eigenvalue weighted by Gasteiger charge is 2.10. The molecule has 0 unspecified atom stereocenters. The predicted molar refractivity (Wildman–Crippen MR) is 64.8 cm³/mol. The highest BCUT2D eigenvalue weighted by atomic mass is 16.5. The van der Waals surface area contributed by atoms with Crippen LogP contribution in [0.4, 0.5) is 5.82 Å². The second-order valence-electron chi connectivity index (χ2n) is 3.30.